The van der Waals surface area contributed by atoms with E-state index in [1.54, 1.807) is 17.5 Å². The molecule has 0 spiro atoms. The molecule has 0 fully saturated rings. The highest BCUT2D eigenvalue weighted by Crippen LogP contribution is 2.25. The SMILES string of the molecule is Cl.NCC(F)(F)CNC(=O)c1csc2ccccc12. The minimum Gasteiger partial charge on any atom is -0.346 e. The number of rotatable bonds is 4. The molecule has 0 atom stereocenters. The molecule has 0 saturated heterocycles. The number of nitrogens with one attached hydrogen (secondary N) is 1. The summed E-state index contributed by atoms with van der Waals surface area (Å²) in [7, 11) is 0. The van der Waals surface area contributed by atoms with Crippen molar-refractivity contribution in [2.24, 2.45) is 5.73 Å². The van der Waals surface area contributed by atoms with E-state index in [0.29, 0.717) is 5.56 Å². The van der Waals surface area contributed by atoms with Gasteiger partial charge in [0.25, 0.3) is 11.8 Å². The van der Waals surface area contributed by atoms with Crippen LogP contribution in [0.5, 0.6) is 0 Å². The number of thiophene rings is 1. The van der Waals surface area contributed by atoms with Gasteiger partial charge < -0.3 is 11.1 Å². The normalized spacial score (nSPS) is 11.1. The lowest BCUT2D eigenvalue weighted by molar-refractivity contribution is 0.0119. The Kier molecular flexibility index (Phi) is 5.22. The minimum absolute atomic E-state index is 0. The van der Waals surface area contributed by atoms with Crippen LogP contribution >= 0.6 is 23.7 Å². The van der Waals surface area contributed by atoms with E-state index in [1.807, 2.05) is 12.1 Å². The van der Waals surface area contributed by atoms with E-state index in [2.05, 4.69) is 5.32 Å². The molecule has 7 heteroatoms. The molecule has 0 unspecified atom stereocenters. The van der Waals surface area contributed by atoms with Crippen LogP contribution in [-0.4, -0.2) is 24.9 Å². The van der Waals surface area contributed by atoms with Gasteiger partial charge >= 0.3 is 0 Å². The molecule has 3 nitrogen and oxygen atoms in total. The van der Waals surface area contributed by atoms with Gasteiger partial charge in [-0.2, -0.15) is 0 Å². The van der Waals surface area contributed by atoms with Crippen molar-refractivity contribution in [3.63, 3.8) is 0 Å². The smallest absolute Gasteiger partial charge is 0.277 e. The first-order valence-corrected chi connectivity index (χ1v) is 6.24. The number of carbonyl (C=O) groups excluding carboxylic acids is 1. The third-order valence-electron chi connectivity index (χ3n) is 2.53. The van der Waals surface area contributed by atoms with Gasteiger partial charge in [0.2, 0.25) is 0 Å². The van der Waals surface area contributed by atoms with E-state index in [4.69, 9.17) is 5.73 Å². The van der Waals surface area contributed by atoms with E-state index >= 15 is 0 Å². The average Bonchev–Trinajstić information content (AvgIpc) is 2.80. The molecule has 2 rings (SSSR count). The number of nitrogens with two attached hydrogens (primary N) is 1. The summed E-state index contributed by atoms with van der Waals surface area (Å²) in [6, 6.07) is 7.34. The maximum absolute atomic E-state index is 12.9. The van der Waals surface area contributed by atoms with E-state index in [9.17, 15) is 13.6 Å². The maximum atomic E-state index is 12.9. The van der Waals surface area contributed by atoms with Gasteiger partial charge in [0, 0.05) is 15.5 Å². The number of alkyl halides is 2. The number of hydrogen-bond acceptors (Lipinski definition) is 3. The molecule has 1 heterocycles. The Morgan fingerprint density at radius 1 is 1.37 bits per heavy atom. The highest BCUT2D eigenvalue weighted by atomic mass is 35.5. The van der Waals surface area contributed by atoms with Gasteiger partial charge in [0.1, 0.15) is 0 Å². The van der Waals surface area contributed by atoms with Gasteiger partial charge in [0.05, 0.1) is 18.7 Å². The molecule has 1 amide bonds. The molecule has 104 valence electrons. The van der Waals surface area contributed by atoms with Crippen molar-refractivity contribution >= 4 is 39.7 Å². The van der Waals surface area contributed by atoms with E-state index in [-0.39, 0.29) is 12.4 Å². The van der Waals surface area contributed by atoms with Crippen LogP contribution in [-0.2, 0) is 0 Å². The van der Waals surface area contributed by atoms with Crippen molar-refractivity contribution < 1.29 is 13.6 Å². The molecular weight excluding hydrogens is 294 g/mol. The van der Waals surface area contributed by atoms with Gasteiger partial charge in [-0.15, -0.1) is 23.7 Å². The van der Waals surface area contributed by atoms with Crippen LogP contribution in [0.4, 0.5) is 8.78 Å². The quantitative estimate of drug-likeness (QED) is 0.912. The Labute approximate surface area is 119 Å². The number of halogens is 3. The van der Waals surface area contributed by atoms with Crippen molar-refractivity contribution in [3.05, 3.63) is 35.2 Å². The monoisotopic (exact) mass is 306 g/mol. The zero-order valence-electron chi connectivity index (χ0n) is 9.86. The van der Waals surface area contributed by atoms with Crippen LogP contribution in [0.1, 0.15) is 10.4 Å². The number of amides is 1. The predicted molar refractivity (Wildman–Crippen MR) is 75.4 cm³/mol. The minimum atomic E-state index is -3.07. The Balaban J connectivity index is 0.00000180. The summed E-state index contributed by atoms with van der Waals surface area (Å²) in [6.07, 6.45) is 0. The topological polar surface area (TPSA) is 55.1 Å². The Bertz CT molecular complexity index is 574. The zero-order valence-corrected chi connectivity index (χ0v) is 11.5. The summed E-state index contributed by atoms with van der Waals surface area (Å²) in [5.41, 5.74) is 5.32. The third-order valence-corrected chi connectivity index (χ3v) is 3.50. The van der Waals surface area contributed by atoms with Crippen LogP contribution in [0.25, 0.3) is 10.1 Å². The van der Waals surface area contributed by atoms with Crippen LogP contribution in [0.2, 0.25) is 0 Å². The summed E-state index contributed by atoms with van der Waals surface area (Å²) < 4.78 is 26.8. The highest BCUT2D eigenvalue weighted by molar-refractivity contribution is 7.17. The van der Waals surface area contributed by atoms with Crippen molar-refractivity contribution in [2.75, 3.05) is 13.1 Å². The maximum Gasteiger partial charge on any atom is 0.277 e. The first-order valence-electron chi connectivity index (χ1n) is 5.36. The highest BCUT2D eigenvalue weighted by Gasteiger charge is 2.27. The number of benzene rings is 1. The molecule has 0 aliphatic heterocycles. The van der Waals surface area contributed by atoms with E-state index in [0.717, 1.165) is 10.1 Å². The predicted octanol–water partition coefficient (Wildman–Crippen LogP) is 2.65. The molecule has 1 aromatic heterocycles. The Hall–Kier alpha value is -1.24. The Morgan fingerprint density at radius 2 is 2.05 bits per heavy atom. The second-order valence-electron chi connectivity index (χ2n) is 3.89. The summed E-state index contributed by atoms with van der Waals surface area (Å²) in [6.45, 7) is -1.52. The van der Waals surface area contributed by atoms with Crippen molar-refractivity contribution in [1.29, 1.82) is 0 Å². The standard InChI is InChI=1S/C12H12F2N2OS.ClH/c13-12(14,6-15)7-16-11(17)9-5-18-10-4-2-1-3-8(9)10;/h1-5H,6-7,15H2,(H,16,17);1H. The molecule has 3 N–H and O–H groups in total. The molecule has 0 aliphatic rings. The van der Waals surface area contributed by atoms with Crippen LogP contribution in [0.15, 0.2) is 29.6 Å². The summed E-state index contributed by atoms with van der Waals surface area (Å²) in [5.74, 6) is -3.57. The molecule has 19 heavy (non-hydrogen) atoms. The van der Waals surface area contributed by atoms with E-state index < -0.39 is 24.9 Å². The number of carbonyl (C=O) groups is 1. The van der Waals surface area contributed by atoms with Gasteiger partial charge in [-0.05, 0) is 6.07 Å². The fourth-order valence-corrected chi connectivity index (χ4v) is 2.47. The average molecular weight is 307 g/mol. The molecule has 0 bridgehead atoms. The van der Waals surface area contributed by atoms with Gasteiger partial charge in [-0.25, -0.2) is 8.78 Å². The van der Waals surface area contributed by atoms with Crippen LogP contribution in [0, 0.1) is 0 Å². The second-order valence-corrected chi connectivity index (χ2v) is 4.80. The van der Waals surface area contributed by atoms with Gasteiger partial charge in [-0.1, -0.05) is 18.2 Å². The summed E-state index contributed by atoms with van der Waals surface area (Å²) >= 11 is 1.41. The lowest BCUT2D eigenvalue weighted by Gasteiger charge is -2.14. The van der Waals surface area contributed by atoms with Crippen molar-refractivity contribution in [3.8, 4) is 0 Å². The Morgan fingerprint density at radius 3 is 2.74 bits per heavy atom. The first kappa shape index (κ1) is 15.8. The molecule has 0 aliphatic carbocycles. The fraction of sp³-hybridized carbons (Fsp3) is 0.250. The molecular formula is C12H13ClF2N2OS. The number of hydrogen-bond donors (Lipinski definition) is 2. The van der Waals surface area contributed by atoms with Crippen molar-refractivity contribution in [1.82, 2.24) is 5.32 Å². The molecule has 2 aromatic rings. The van der Waals surface area contributed by atoms with Gasteiger partial charge in [0.15, 0.2) is 0 Å². The first-order chi connectivity index (χ1) is 8.53. The largest absolute Gasteiger partial charge is 0.346 e. The van der Waals surface area contributed by atoms with Crippen molar-refractivity contribution in [2.45, 2.75) is 5.92 Å². The molecule has 1 aromatic carbocycles. The van der Waals surface area contributed by atoms with E-state index in [1.165, 1.54) is 11.3 Å². The summed E-state index contributed by atoms with van der Waals surface area (Å²) in [5, 5.41) is 4.65. The molecule has 0 saturated carbocycles. The fourth-order valence-electron chi connectivity index (χ4n) is 1.53. The lowest BCUT2D eigenvalue weighted by atomic mass is 10.1. The van der Waals surface area contributed by atoms with Crippen LogP contribution < -0.4 is 11.1 Å². The lowest BCUT2D eigenvalue weighted by Crippen LogP contribution is -2.41. The zero-order chi connectivity index (χ0) is 13.2. The molecule has 0 radical (unpaired) electrons. The third kappa shape index (κ3) is 3.62. The van der Waals surface area contributed by atoms with Gasteiger partial charge in [-0.3, -0.25) is 4.79 Å². The second kappa shape index (κ2) is 6.27. The number of fused-ring (bicyclic) bond motifs is 1. The summed E-state index contributed by atoms with van der Waals surface area (Å²) in [4.78, 5) is 11.8. The van der Waals surface area contributed by atoms with Crippen LogP contribution in [0.3, 0.4) is 0 Å².